The minimum atomic E-state index is -1.000. The van der Waals surface area contributed by atoms with Crippen LogP contribution in [0.4, 0.5) is 19.3 Å². The highest BCUT2D eigenvalue weighted by Gasteiger charge is 2.22. The van der Waals surface area contributed by atoms with E-state index in [1.54, 1.807) is 0 Å². The van der Waals surface area contributed by atoms with E-state index in [-0.39, 0.29) is 11.7 Å². The lowest BCUT2D eigenvalue weighted by atomic mass is 10.1. The highest BCUT2D eigenvalue weighted by Crippen LogP contribution is 2.16. The Hall–Kier alpha value is -2.51. The molecule has 116 valence electrons. The predicted molar refractivity (Wildman–Crippen MR) is 75.4 cm³/mol. The number of fused-ring (bicyclic) bond motifs is 1. The summed E-state index contributed by atoms with van der Waals surface area (Å²) in [4.78, 5) is 11.9. The van der Waals surface area contributed by atoms with Crippen LogP contribution < -0.4 is 10.6 Å². The Morgan fingerprint density at radius 3 is 2.91 bits per heavy atom. The van der Waals surface area contributed by atoms with E-state index in [2.05, 4.69) is 20.8 Å². The molecule has 0 radical (unpaired) electrons. The number of anilines is 1. The van der Waals surface area contributed by atoms with E-state index in [4.69, 9.17) is 0 Å². The lowest BCUT2D eigenvalue weighted by Crippen LogP contribution is -2.43. The van der Waals surface area contributed by atoms with Gasteiger partial charge >= 0.3 is 6.03 Å². The van der Waals surface area contributed by atoms with Crippen molar-refractivity contribution in [2.45, 2.75) is 32.4 Å². The molecule has 0 spiro atoms. The van der Waals surface area contributed by atoms with Crippen molar-refractivity contribution in [3.8, 4) is 0 Å². The van der Waals surface area contributed by atoms with Crippen molar-refractivity contribution in [2.75, 3.05) is 5.32 Å². The fraction of sp³-hybridized carbons (Fsp3) is 0.357. The molecule has 3 rings (SSSR count). The molecule has 1 aliphatic rings. The molecule has 0 bridgehead atoms. The van der Waals surface area contributed by atoms with Gasteiger partial charge in [0.1, 0.15) is 11.6 Å². The number of nitrogens with zero attached hydrogens (tertiary/aromatic N) is 3. The van der Waals surface area contributed by atoms with E-state index in [9.17, 15) is 13.6 Å². The molecule has 0 saturated heterocycles. The Morgan fingerprint density at radius 1 is 1.32 bits per heavy atom. The Kier molecular flexibility index (Phi) is 3.74. The summed E-state index contributed by atoms with van der Waals surface area (Å²) in [6.45, 7) is 2.46. The first-order chi connectivity index (χ1) is 10.5. The number of amides is 2. The molecule has 2 N–H and O–H groups in total. The standard InChI is InChI=1S/C14H15F2N5O/c1-8-19-20-13-5-3-10(7-21(8)13)18-14(22)17-9-2-4-11(15)12(16)6-9/h2,4,6,10H,3,5,7H2,1H3,(H2,17,18,22)/t10-/m1/s1. The van der Waals surface area contributed by atoms with Gasteiger partial charge < -0.3 is 15.2 Å². The highest BCUT2D eigenvalue weighted by molar-refractivity contribution is 5.89. The Morgan fingerprint density at radius 2 is 2.14 bits per heavy atom. The van der Waals surface area contributed by atoms with Gasteiger partial charge in [-0.3, -0.25) is 0 Å². The van der Waals surface area contributed by atoms with E-state index < -0.39 is 17.7 Å². The van der Waals surface area contributed by atoms with Gasteiger partial charge in [-0.15, -0.1) is 10.2 Å². The third kappa shape index (κ3) is 2.90. The van der Waals surface area contributed by atoms with Gasteiger partial charge in [0.15, 0.2) is 11.6 Å². The molecule has 1 atom stereocenters. The molecule has 0 unspecified atom stereocenters. The van der Waals surface area contributed by atoms with Gasteiger partial charge in [0.05, 0.1) is 0 Å². The number of urea groups is 1. The van der Waals surface area contributed by atoms with Crippen LogP contribution in [0.2, 0.25) is 0 Å². The number of hydrogen-bond acceptors (Lipinski definition) is 3. The second-order valence-electron chi connectivity index (χ2n) is 5.24. The first-order valence-corrected chi connectivity index (χ1v) is 6.94. The summed E-state index contributed by atoms with van der Waals surface area (Å²) in [7, 11) is 0. The molecule has 1 aromatic carbocycles. The summed E-state index contributed by atoms with van der Waals surface area (Å²) in [6, 6.07) is 2.70. The van der Waals surface area contributed by atoms with Crippen molar-refractivity contribution in [2.24, 2.45) is 0 Å². The fourth-order valence-corrected chi connectivity index (χ4v) is 2.51. The number of carbonyl (C=O) groups excluding carboxylic acids is 1. The monoisotopic (exact) mass is 307 g/mol. The molecule has 1 aromatic heterocycles. The van der Waals surface area contributed by atoms with Gasteiger partial charge in [-0.25, -0.2) is 13.6 Å². The van der Waals surface area contributed by atoms with Crippen molar-refractivity contribution >= 4 is 11.7 Å². The van der Waals surface area contributed by atoms with E-state index in [0.29, 0.717) is 6.54 Å². The van der Waals surface area contributed by atoms with Crippen LogP contribution >= 0.6 is 0 Å². The number of hydrogen-bond donors (Lipinski definition) is 2. The summed E-state index contributed by atoms with van der Waals surface area (Å²) in [6.07, 6.45) is 1.49. The molecular weight excluding hydrogens is 292 g/mol. The topological polar surface area (TPSA) is 71.8 Å². The smallest absolute Gasteiger partial charge is 0.319 e. The minimum Gasteiger partial charge on any atom is -0.333 e. The molecule has 2 amide bonds. The zero-order chi connectivity index (χ0) is 15.7. The summed E-state index contributed by atoms with van der Waals surface area (Å²) >= 11 is 0. The number of benzene rings is 1. The van der Waals surface area contributed by atoms with Gasteiger partial charge in [0.25, 0.3) is 0 Å². The number of aryl methyl sites for hydroxylation is 2. The van der Waals surface area contributed by atoms with Crippen molar-refractivity contribution in [1.29, 1.82) is 0 Å². The predicted octanol–water partition coefficient (Wildman–Crippen LogP) is 2.00. The van der Waals surface area contributed by atoms with Crippen LogP contribution in [0.15, 0.2) is 18.2 Å². The normalized spacial score (nSPS) is 17.0. The van der Waals surface area contributed by atoms with E-state index in [1.807, 2.05) is 11.5 Å². The molecule has 0 fully saturated rings. The third-order valence-electron chi connectivity index (χ3n) is 3.64. The van der Waals surface area contributed by atoms with Crippen molar-refractivity contribution in [3.63, 3.8) is 0 Å². The minimum absolute atomic E-state index is 0.0625. The van der Waals surface area contributed by atoms with Crippen LogP contribution in [0, 0.1) is 18.6 Å². The van der Waals surface area contributed by atoms with Crippen LogP contribution in [-0.2, 0) is 13.0 Å². The first kappa shape index (κ1) is 14.4. The van der Waals surface area contributed by atoms with Gasteiger partial charge in [-0.1, -0.05) is 0 Å². The molecule has 0 aliphatic carbocycles. The van der Waals surface area contributed by atoms with Crippen molar-refractivity contribution in [1.82, 2.24) is 20.1 Å². The average Bonchev–Trinajstić information content (AvgIpc) is 2.84. The fourth-order valence-electron chi connectivity index (χ4n) is 2.51. The lowest BCUT2D eigenvalue weighted by molar-refractivity contribution is 0.244. The maximum Gasteiger partial charge on any atom is 0.319 e. The van der Waals surface area contributed by atoms with Crippen molar-refractivity contribution in [3.05, 3.63) is 41.5 Å². The summed E-state index contributed by atoms with van der Waals surface area (Å²) < 4.78 is 27.9. The largest absolute Gasteiger partial charge is 0.333 e. The van der Waals surface area contributed by atoms with Crippen LogP contribution in [-0.4, -0.2) is 26.8 Å². The number of aromatic nitrogens is 3. The Balaban J connectivity index is 1.60. The SMILES string of the molecule is Cc1nnc2n1C[C@H](NC(=O)Nc1ccc(F)c(F)c1)CC2. The number of carbonyl (C=O) groups is 1. The third-order valence-corrected chi connectivity index (χ3v) is 3.64. The van der Waals surface area contributed by atoms with Gasteiger partial charge in [-0.05, 0) is 25.5 Å². The highest BCUT2D eigenvalue weighted by atomic mass is 19.2. The van der Waals surface area contributed by atoms with Gasteiger partial charge in [0, 0.05) is 30.8 Å². The quantitative estimate of drug-likeness (QED) is 0.891. The second kappa shape index (κ2) is 5.70. The van der Waals surface area contributed by atoms with Gasteiger partial charge in [0.2, 0.25) is 0 Å². The van der Waals surface area contributed by atoms with Crippen LogP contribution in [0.25, 0.3) is 0 Å². The molecule has 8 heteroatoms. The molecule has 2 heterocycles. The van der Waals surface area contributed by atoms with E-state index in [1.165, 1.54) is 6.07 Å². The Bertz CT molecular complexity index is 715. The average molecular weight is 307 g/mol. The van der Waals surface area contributed by atoms with Crippen LogP contribution in [0.1, 0.15) is 18.1 Å². The van der Waals surface area contributed by atoms with E-state index in [0.717, 1.165) is 36.6 Å². The first-order valence-electron chi connectivity index (χ1n) is 6.94. The van der Waals surface area contributed by atoms with E-state index >= 15 is 0 Å². The maximum absolute atomic E-state index is 13.1. The van der Waals surface area contributed by atoms with Crippen molar-refractivity contribution < 1.29 is 13.6 Å². The summed E-state index contributed by atoms with van der Waals surface area (Å²) in [5.41, 5.74) is 0.202. The maximum atomic E-state index is 13.1. The number of nitrogens with one attached hydrogen (secondary N) is 2. The summed E-state index contributed by atoms with van der Waals surface area (Å²) in [5, 5.41) is 13.4. The molecule has 6 nitrogen and oxygen atoms in total. The van der Waals surface area contributed by atoms with Crippen LogP contribution in [0.3, 0.4) is 0 Å². The lowest BCUT2D eigenvalue weighted by Gasteiger charge is -2.25. The van der Waals surface area contributed by atoms with Gasteiger partial charge in [-0.2, -0.15) is 0 Å². The molecule has 1 aliphatic heterocycles. The molecule has 22 heavy (non-hydrogen) atoms. The zero-order valence-corrected chi connectivity index (χ0v) is 11.9. The van der Waals surface area contributed by atoms with Crippen LogP contribution in [0.5, 0.6) is 0 Å². The number of halogens is 2. The second-order valence-corrected chi connectivity index (χ2v) is 5.24. The number of rotatable bonds is 2. The Labute approximate surface area is 125 Å². The molecule has 2 aromatic rings. The zero-order valence-electron chi connectivity index (χ0n) is 11.9. The summed E-state index contributed by atoms with van der Waals surface area (Å²) in [5.74, 6) is -0.229. The molecular formula is C14H15F2N5O. The molecule has 0 saturated carbocycles.